The van der Waals surface area contributed by atoms with E-state index in [-0.39, 0.29) is 12.5 Å². The molecule has 0 spiro atoms. The van der Waals surface area contributed by atoms with Crippen molar-refractivity contribution in [3.8, 4) is 0 Å². The summed E-state index contributed by atoms with van der Waals surface area (Å²) in [4.78, 5) is 29.2. The Bertz CT molecular complexity index is 445. The van der Waals surface area contributed by atoms with Gasteiger partial charge in [0.25, 0.3) is 0 Å². The largest absolute Gasteiger partial charge is 0.465 e. The summed E-state index contributed by atoms with van der Waals surface area (Å²) in [6, 6.07) is 0. The normalized spacial score (nSPS) is 10.0. The summed E-state index contributed by atoms with van der Waals surface area (Å²) in [7, 11) is 3.06. The molecule has 0 bridgehead atoms. The molecule has 1 N–H and O–H groups in total. The third-order valence-electron chi connectivity index (χ3n) is 2.46. The van der Waals surface area contributed by atoms with Crippen molar-refractivity contribution < 1.29 is 14.3 Å². The second kappa shape index (κ2) is 6.34. The predicted molar refractivity (Wildman–Crippen MR) is 70.0 cm³/mol. The van der Waals surface area contributed by atoms with Gasteiger partial charge in [-0.15, -0.1) is 0 Å². The number of thiazole rings is 1. The first-order valence-electron chi connectivity index (χ1n) is 5.53. The Kier molecular flexibility index (Phi) is 5.08. The average Bonchev–Trinajstić information content (AvgIpc) is 2.75. The predicted octanol–water partition coefficient (Wildman–Crippen LogP) is 1.13. The van der Waals surface area contributed by atoms with E-state index < -0.39 is 5.97 Å². The number of carbonyl (C=O) groups is 2. The molecule has 100 valence electrons. The first kappa shape index (κ1) is 14.4. The number of carbonyl (C=O) groups excluding carboxylic acids is 2. The summed E-state index contributed by atoms with van der Waals surface area (Å²) >= 11 is 1.19. The number of amides is 1. The Balaban J connectivity index is 2.64. The van der Waals surface area contributed by atoms with E-state index in [1.807, 2.05) is 6.92 Å². The van der Waals surface area contributed by atoms with Crippen molar-refractivity contribution >= 4 is 28.3 Å². The number of aromatic nitrogens is 1. The number of rotatable bonds is 5. The number of anilines is 1. The molecule has 0 aliphatic carbocycles. The highest BCUT2D eigenvalue weighted by molar-refractivity contribution is 7.17. The Morgan fingerprint density at radius 2 is 2.17 bits per heavy atom. The molecule has 0 aliphatic rings. The van der Waals surface area contributed by atoms with Crippen LogP contribution in [0.5, 0.6) is 0 Å². The maximum atomic E-state index is 11.6. The number of ether oxygens (including phenoxy) is 1. The Labute approximate surface area is 110 Å². The third-order valence-corrected chi connectivity index (χ3v) is 3.55. The molecule has 1 amide bonds. The molecule has 1 aromatic heterocycles. The molecule has 18 heavy (non-hydrogen) atoms. The highest BCUT2D eigenvalue weighted by atomic mass is 32.1. The van der Waals surface area contributed by atoms with Crippen LogP contribution in [0.1, 0.15) is 22.3 Å². The van der Waals surface area contributed by atoms with Crippen LogP contribution in [0.25, 0.3) is 0 Å². The van der Waals surface area contributed by atoms with E-state index in [4.69, 9.17) is 0 Å². The molecule has 0 unspecified atom stereocenters. The van der Waals surface area contributed by atoms with Gasteiger partial charge in [0.05, 0.1) is 19.3 Å². The molecule has 0 saturated heterocycles. The van der Waals surface area contributed by atoms with Gasteiger partial charge in [0.2, 0.25) is 5.91 Å². The molecule has 0 aliphatic heterocycles. The maximum Gasteiger partial charge on any atom is 0.350 e. The summed E-state index contributed by atoms with van der Waals surface area (Å²) in [5, 5.41) is 3.46. The summed E-state index contributed by atoms with van der Waals surface area (Å²) in [5.74, 6) is -0.431. The van der Waals surface area contributed by atoms with Gasteiger partial charge in [-0.1, -0.05) is 11.3 Å². The van der Waals surface area contributed by atoms with E-state index in [9.17, 15) is 9.59 Å². The topological polar surface area (TPSA) is 71.5 Å². The minimum absolute atomic E-state index is 0.0232. The fraction of sp³-hybridized carbons (Fsp3) is 0.545. The van der Waals surface area contributed by atoms with Crippen LogP contribution in [0.4, 0.5) is 5.13 Å². The van der Waals surface area contributed by atoms with Crippen LogP contribution in [0.3, 0.4) is 0 Å². The number of aryl methyl sites for hydroxylation is 1. The van der Waals surface area contributed by atoms with Crippen LogP contribution >= 0.6 is 11.3 Å². The molecule has 0 saturated carbocycles. The van der Waals surface area contributed by atoms with Gasteiger partial charge in [0, 0.05) is 13.6 Å². The molecular weight excluding hydrogens is 254 g/mol. The number of likely N-dealkylation sites (N-methyl/N-ethyl adjacent to an activating group) is 1. The number of nitrogens with one attached hydrogen (secondary N) is 1. The minimum atomic E-state index is -0.407. The van der Waals surface area contributed by atoms with Crippen LogP contribution in [0.15, 0.2) is 0 Å². The lowest BCUT2D eigenvalue weighted by Crippen LogP contribution is -2.31. The van der Waals surface area contributed by atoms with Gasteiger partial charge in [-0.25, -0.2) is 9.78 Å². The highest BCUT2D eigenvalue weighted by Crippen LogP contribution is 2.22. The van der Waals surface area contributed by atoms with E-state index >= 15 is 0 Å². The lowest BCUT2D eigenvalue weighted by Gasteiger charge is -2.14. The minimum Gasteiger partial charge on any atom is -0.465 e. The Hall–Kier alpha value is -1.63. The number of nitrogens with zero attached hydrogens (tertiary/aromatic N) is 2. The van der Waals surface area contributed by atoms with Crippen molar-refractivity contribution in [2.45, 2.75) is 13.8 Å². The zero-order chi connectivity index (χ0) is 13.7. The molecule has 1 aromatic rings. The van der Waals surface area contributed by atoms with Gasteiger partial charge < -0.3 is 15.0 Å². The fourth-order valence-electron chi connectivity index (χ4n) is 1.22. The second-order valence-electron chi connectivity index (χ2n) is 3.69. The van der Waals surface area contributed by atoms with Crippen LogP contribution in [-0.2, 0) is 9.53 Å². The number of methoxy groups -OCH3 is 1. The number of hydrogen-bond donors (Lipinski definition) is 1. The maximum absolute atomic E-state index is 11.6. The number of hydrogen-bond acceptors (Lipinski definition) is 6. The van der Waals surface area contributed by atoms with Crippen LogP contribution < -0.4 is 5.32 Å². The Morgan fingerprint density at radius 3 is 2.72 bits per heavy atom. The zero-order valence-corrected chi connectivity index (χ0v) is 11.8. The van der Waals surface area contributed by atoms with Crippen molar-refractivity contribution in [2.24, 2.45) is 0 Å². The molecule has 1 rings (SSSR count). The van der Waals surface area contributed by atoms with Crippen molar-refractivity contribution in [1.82, 2.24) is 9.88 Å². The van der Waals surface area contributed by atoms with E-state index in [2.05, 4.69) is 15.0 Å². The quantitative estimate of drug-likeness (QED) is 0.813. The van der Waals surface area contributed by atoms with Crippen LogP contribution in [-0.4, -0.2) is 49.0 Å². The summed E-state index contributed by atoms with van der Waals surface area (Å²) in [6.07, 6.45) is 0. The monoisotopic (exact) mass is 271 g/mol. The van der Waals surface area contributed by atoms with Crippen LogP contribution in [0, 0.1) is 6.92 Å². The van der Waals surface area contributed by atoms with E-state index in [0.29, 0.717) is 22.2 Å². The molecule has 0 atom stereocenters. The van der Waals surface area contributed by atoms with E-state index in [1.165, 1.54) is 18.4 Å². The third kappa shape index (κ3) is 3.43. The van der Waals surface area contributed by atoms with Gasteiger partial charge >= 0.3 is 5.97 Å². The van der Waals surface area contributed by atoms with Gasteiger partial charge in [0.15, 0.2) is 5.13 Å². The van der Waals surface area contributed by atoms with E-state index in [1.54, 1.807) is 18.9 Å². The number of esters is 1. The molecule has 6 nitrogen and oxygen atoms in total. The fourth-order valence-corrected chi connectivity index (χ4v) is 2.10. The molecule has 0 aromatic carbocycles. The molecule has 0 radical (unpaired) electrons. The lowest BCUT2D eigenvalue weighted by atomic mass is 10.4. The van der Waals surface area contributed by atoms with Crippen molar-refractivity contribution in [3.05, 3.63) is 10.6 Å². The van der Waals surface area contributed by atoms with Gasteiger partial charge in [0.1, 0.15) is 4.88 Å². The molecule has 1 heterocycles. The van der Waals surface area contributed by atoms with Crippen LogP contribution in [0.2, 0.25) is 0 Å². The first-order valence-corrected chi connectivity index (χ1v) is 6.34. The standard InChI is InChI=1S/C11H17N3O3S/c1-5-14(3)8(15)6-12-11-13-7(2)9(18-11)10(16)17-4/h5-6H2,1-4H3,(H,12,13). The first-order chi connectivity index (χ1) is 8.49. The molecular formula is C11H17N3O3S. The molecule has 7 heteroatoms. The second-order valence-corrected chi connectivity index (χ2v) is 4.69. The van der Waals surface area contributed by atoms with Gasteiger partial charge in [-0.3, -0.25) is 4.79 Å². The lowest BCUT2D eigenvalue weighted by molar-refractivity contribution is -0.127. The smallest absolute Gasteiger partial charge is 0.350 e. The SMILES string of the molecule is CCN(C)C(=O)CNc1nc(C)c(C(=O)OC)s1. The van der Waals surface area contributed by atoms with Crippen molar-refractivity contribution in [3.63, 3.8) is 0 Å². The molecule has 0 fully saturated rings. The summed E-state index contributed by atoms with van der Waals surface area (Å²) in [5.41, 5.74) is 0.602. The van der Waals surface area contributed by atoms with Gasteiger partial charge in [-0.05, 0) is 13.8 Å². The van der Waals surface area contributed by atoms with Crippen molar-refractivity contribution in [1.29, 1.82) is 0 Å². The Morgan fingerprint density at radius 1 is 1.50 bits per heavy atom. The average molecular weight is 271 g/mol. The zero-order valence-electron chi connectivity index (χ0n) is 10.9. The van der Waals surface area contributed by atoms with E-state index in [0.717, 1.165) is 0 Å². The highest BCUT2D eigenvalue weighted by Gasteiger charge is 2.16. The summed E-state index contributed by atoms with van der Waals surface area (Å²) in [6.45, 7) is 4.46. The summed E-state index contributed by atoms with van der Waals surface area (Å²) < 4.78 is 4.64. The van der Waals surface area contributed by atoms with Gasteiger partial charge in [-0.2, -0.15) is 0 Å². The van der Waals surface area contributed by atoms with Crippen molar-refractivity contribution in [2.75, 3.05) is 32.6 Å².